The molecule has 0 aromatic heterocycles. The van der Waals surface area contributed by atoms with Crippen LogP contribution in [0.1, 0.15) is 35.4 Å². The Morgan fingerprint density at radius 2 is 1.71 bits per heavy atom. The summed E-state index contributed by atoms with van der Waals surface area (Å²) in [6, 6.07) is 17.7. The van der Waals surface area contributed by atoms with Crippen molar-refractivity contribution in [3.63, 3.8) is 0 Å². The summed E-state index contributed by atoms with van der Waals surface area (Å²) >= 11 is 0. The van der Waals surface area contributed by atoms with Gasteiger partial charge in [0.05, 0.1) is 0 Å². The first-order valence-corrected chi connectivity index (χ1v) is 7.83. The molecule has 1 saturated heterocycles. The normalized spacial score (nSPS) is 28.9. The monoisotopic (exact) mass is 275 g/mol. The summed E-state index contributed by atoms with van der Waals surface area (Å²) < 4.78 is 0. The second-order valence-electron chi connectivity index (χ2n) is 6.47. The lowest BCUT2D eigenvalue weighted by atomic mass is 9.77. The molecule has 3 atom stereocenters. The highest BCUT2D eigenvalue weighted by Gasteiger charge is 2.49. The van der Waals surface area contributed by atoms with Crippen LogP contribution in [0.25, 0.3) is 0 Å². The van der Waals surface area contributed by atoms with E-state index in [0.29, 0.717) is 30.2 Å². The number of anilines is 1. The van der Waals surface area contributed by atoms with Gasteiger partial charge in [-0.1, -0.05) is 42.5 Å². The molecule has 1 fully saturated rings. The van der Waals surface area contributed by atoms with E-state index in [4.69, 9.17) is 0 Å². The average Bonchev–Trinajstić information content (AvgIpc) is 3.09. The standard InChI is InChI=1S/C19H17NO/c21-18-10-9-17-15-11-12-5-1-2-6-13(12)19(15)14-7-3-4-8-16(14)20(17)18/h1-8,15,17,19H,9-11H2/t15-,17-,19+/m1/s1. The quantitative estimate of drug-likeness (QED) is 0.720. The third-order valence-electron chi connectivity index (χ3n) is 5.55. The van der Waals surface area contributed by atoms with Gasteiger partial charge in [-0.15, -0.1) is 0 Å². The van der Waals surface area contributed by atoms with Crippen LogP contribution in [0.5, 0.6) is 0 Å². The van der Waals surface area contributed by atoms with Crippen molar-refractivity contribution >= 4 is 11.6 Å². The van der Waals surface area contributed by atoms with Crippen LogP contribution in [0.3, 0.4) is 0 Å². The van der Waals surface area contributed by atoms with Crippen molar-refractivity contribution in [2.24, 2.45) is 5.92 Å². The maximum absolute atomic E-state index is 12.4. The summed E-state index contributed by atoms with van der Waals surface area (Å²) in [5.41, 5.74) is 5.46. The molecular formula is C19H17NO. The third kappa shape index (κ3) is 1.40. The van der Waals surface area contributed by atoms with E-state index in [1.807, 2.05) is 0 Å². The Bertz CT molecular complexity index is 751. The van der Waals surface area contributed by atoms with Gasteiger partial charge in [-0.25, -0.2) is 0 Å². The number of hydrogen-bond acceptors (Lipinski definition) is 1. The van der Waals surface area contributed by atoms with Crippen molar-refractivity contribution < 1.29 is 4.79 Å². The Morgan fingerprint density at radius 3 is 2.62 bits per heavy atom. The SMILES string of the molecule is O=C1CC[C@@H]2[C@H]3Cc4ccccc4[C@H]3c3ccccc3N12. The third-order valence-corrected chi connectivity index (χ3v) is 5.55. The second kappa shape index (κ2) is 3.97. The molecule has 1 aliphatic carbocycles. The molecule has 21 heavy (non-hydrogen) atoms. The Labute approximate surface area is 124 Å². The van der Waals surface area contributed by atoms with Crippen LogP contribution >= 0.6 is 0 Å². The maximum Gasteiger partial charge on any atom is 0.227 e. The molecule has 0 saturated carbocycles. The van der Waals surface area contributed by atoms with E-state index in [-0.39, 0.29) is 0 Å². The number of nitrogens with zero attached hydrogens (tertiary/aromatic N) is 1. The minimum Gasteiger partial charge on any atom is -0.309 e. The summed E-state index contributed by atoms with van der Waals surface area (Å²) in [5.74, 6) is 1.34. The summed E-state index contributed by atoms with van der Waals surface area (Å²) in [7, 11) is 0. The second-order valence-corrected chi connectivity index (χ2v) is 6.47. The zero-order valence-corrected chi connectivity index (χ0v) is 11.8. The van der Waals surface area contributed by atoms with E-state index in [0.717, 1.165) is 18.5 Å². The van der Waals surface area contributed by atoms with Crippen LogP contribution in [0.15, 0.2) is 48.5 Å². The number of amides is 1. The molecular weight excluding hydrogens is 258 g/mol. The van der Waals surface area contributed by atoms with Crippen LogP contribution < -0.4 is 4.90 Å². The number of carbonyl (C=O) groups excluding carboxylic acids is 1. The van der Waals surface area contributed by atoms with Gasteiger partial charge in [0.1, 0.15) is 0 Å². The lowest BCUT2D eigenvalue weighted by Gasteiger charge is -2.40. The number of rotatable bonds is 0. The Balaban J connectivity index is 1.77. The Hall–Kier alpha value is -2.09. The first kappa shape index (κ1) is 11.6. The molecule has 0 radical (unpaired) electrons. The highest BCUT2D eigenvalue weighted by Crippen LogP contribution is 2.54. The van der Waals surface area contributed by atoms with E-state index in [1.165, 1.54) is 16.7 Å². The van der Waals surface area contributed by atoms with Gasteiger partial charge >= 0.3 is 0 Å². The molecule has 0 bridgehead atoms. The van der Waals surface area contributed by atoms with Gasteiger partial charge in [0.15, 0.2) is 0 Å². The summed E-state index contributed by atoms with van der Waals surface area (Å²) in [5, 5.41) is 0. The molecule has 2 aromatic carbocycles. The van der Waals surface area contributed by atoms with Gasteiger partial charge in [-0.3, -0.25) is 4.79 Å². The van der Waals surface area contributed by atoms with E-state index >= 15 is 0 Å². The molecule has 2 aromatic rings. The predicted octanol–water partition coefficient (Wildman–Crippen LogP) is 3.50. The van der Waals surface area contributed by atoms with Crippen molar-refractivity contribution in [1.82, 2.24) is 0 Å². The van der Waals surface area contributed by atoms with E-state index in [2.05, 4.69) is 53.4 Å². The fraction of sp³-hybridized carbons (Fsp3) is 0.316. The highest BCUT2D eigenvalue weighted by atomic mass is 16.2. The molecule has 104 valence electrons. The van der Waals surface area contributed by atoms with Crippen LogP contribution in [-0.2, 0) is 11.2 Å². The average molecular weight is 275 g/mol. The van der Waals surface area contributed by atoms with Crippen molar-refractivity contribution in [3.8, 4) is 0 Å². The van der Waals surface area contributed by atoms with Crippen molar-refractivity contribution in [3.05, 3.63) is 65.2 Å². The van der Waals surface area contributed by atoms with Gasteiger partial charge < -0.3 is 4.90 Å². The molecule has 0 spiro atoms. The fourth-order valence-electron chi connectivity index (χ4n) is 4.78. The summed E-state index contributed by atoms with van der Waals surface area (Å²) in [4.78, 5) is 14.5. The fourth-order valence-corrected chi connectivity index (χ4v) is 4.78. The number of carbonyl (C=O) groups is 1. The molecule has 2 nitrogen and oxygen atoms in total. The summed E-state index contributed by atoms with van der Waals surface area (Å²) in [6.07, 6.45) is 2.84. The van der Waals surface area contributed by atoms with Crippen LogP contribution in [-0.4, -0.2) is 11.9 Å². The van der Waals surface area contributed by atoms with E-state index in [9.17, 15) is 4.79 Å². The first-order valence-electron chi connectivity index (χ1n) is 7.83. The van der Waals surface area contributed by atoms with Crippen molar-refractivity contribution in [1.29, 1.82) is 0 Å². The topological polar surface area (TPSA) is 20.3 Å². The molecule has 3 aliphatic rings. The zero-order valence-electron chi connectivity index (χ0n) is 11.8. The van der Waals surface area contributed by atoms with E-state index < -0.39 is 0 Å². The largest absolute Gasteiger partial charge is 0.309 e. The molecule has 0 N–H and O–H groups in total. The van der Waals surface area contributed by atoms with Gasteiger partial charge in [-0.05, 0) is 41.5 Å². The van der Waals surface area contributed by atoms with Gasteiger partial charge in [-0.2, -0.15) is 0 Å². The number of benzene rings is 2. The Kier molecular flexibility index (Phi) is 2.19. The smallest absolute Gasteiger partial charge is 0.227 e. The van der Waals surface area contributed by atoms with Crippen molar-refractivity contribution in [2.75, 3.05) is 4.90 Å². The van der Waals surface area contributed by atoms with Crippen LogP contribution in [0.4, 0.5) is 5.69 Å². The predicted molar refractivity (Wildman–Crippen MR) is 82.4 cm³/mol. The summed E-state index contributed by atoms with van der Waals surface area (Å²) in [6.45, 7) is 0. The Morgan fingerprint density at radius 1 is 0.952 bits per heavy atom. The lowest BCUT2D eigenvalue weighted by molar-refractivity contribution is -0.117. The molecule has 1 amide bonds. The highest BCUT2D eigenvalue weighted by molar-refractivity contribution is 5.98. The minimum atomic E-state index is 0.307. The molecule has 2 heterocycles. The van der Waals surface area contributed by atoms with E-state index in [1.54, 1.807) is 0 Å². The molecule has 2 heteroatoms. The van der Waals surface area contributed by atoms with Gasteiger partial charge in [0.25, 0.3) is 0 Å². The van der Waals surface area contributed by atoms with Gasteiger partial charge in [0.2, 0.25) is 5.91 Å². The van der Waals surface area contributed by atoms with Crippen molar-refractivity contribution in [2.45, 2.75) is 31.2 Å². The van der Waals surface area contributed by atoms with Crippen LogP contribution in [0.2, 0.25) is 0 Å². The van der Waals surface area contributed by atoms with Crippen LogP contribution in [0, 0.1) is 5.92 Å². The number of para-hydroxylation sites is 1. The maximum atomic E-state index is 12.4. The minimum absolute atomic E-state index is 0.307. The molecule has 2 aliphatic heterocycles. The lowest BCUT2D eigenvalue weighted by Crippen LogP contribution is -2.44. The van der Waals surface area contributed by atoms with Gasteiger partial charge in [0, 0.05) is 24.1 Å². The molecule has 0 unspecified atom stereocenters. The number of fused-ring (bicyclic) bond motifs is 8. The first-order chi connectivity index (χ1) is 10.3. The zero-order chi connectivity index (χ0) is 14.0. The molecule has 5 rings (SSSR count). The number of hydrogen-bond donors (Lipinski definition) is 0.